The highest BCUT2D eigenvalue weighted by atomic mass is 79.9. The molecule has 0 spiro atoms. The molecule has 0 N–H and O–H groups in total. The Kier molecular flexibility index (Phi) is 7.40. The van der Waals surface area contributed by atoms with Crippen molar-refractivity contribution >= 4 is 37.5 Å². The zero-order chi connectivity index (χ0) is 24.3. The fourth-order valence-corrected chi connectivity index (χ4v) is 6.09. The third kappa shape index (κ3) is 5.19. The van der Waals surface area contributed by atoms with E-state index in [0.717, 1.165) is 33.3 Å². The Morgan fingerprint density at radius 2 is 1.85 bits per heavy atom. The minimum atomic E-state index is -3.90. The smallest absolute Gasteiger partial charge is 0.243 e. The minimum absolute atomic E-state index is 0.150. The van der Waals surface area contributed by atoms with Crippen LogP contribution in [0.4, 0.5) is 5.69 Å². The molecule has 1 aliphatic heterocycles. The van der Waals surface area contributed by atoms with Crippen molar-refractivity contribution in [3.63, 3.8) is 0 Å². The number of anilines is 1. The molecule has 0 unspecified atom stereocenters. The maximum absolute atomic E-state index is 13.7. The summed E-state index contributed by atoms with van der Waals surface area (Å²) in [5, 5.41) is 0. The summed E-state index contributed by atoms with van der Waals surface area (Å²) in [7, 11) is -2.36. The minimum Gasteiger partial charge on any atom is -0.496 e. The first-order valence-corrected chi connectivity index (χ1v) is 13.3. The second-order valence-electron chi connectivity index (χ2n) is 8.27. The van der Waals surface area contributed by atoms with Crippen molar-refractivity contribution in [2.45, 2.75) is 24.7 Å². The Labute approximate surface area is 209 Å². The van der Waals surface area contributed by atoms with E-state index >= 15 is 0 Å². The molecule has 0 saturated heterocycles. The van der Waals surface area contributed by atoms with Gasteiger partial charge in [-0.2, -0.15) is 4.31 Å². The molecule has 34 heavy (non-hydrogen) atoms. The summed E-state index contributed by atoms with van der Waals surface area (Å²) >= 11 is 3.47. The lowest BCUT2D eigenvalue weighted by Crippen LogP contribution is -2.43. The van der Waals surface area contributed by atoms with Gasteiger partial charge in [0.2, 0.25) is 15.9 Å². The zero-order valence-electron chi connectivity index (χ0n) is 19.2. The topological polar surface area (TPSA) is 66.9 Å². The van der Waals surface area contributed by atoms with E-state index in [0.29, 0.717) is 18.7 Å². The molecular formula is C26H27BrN2O4S. The first-order valence-electron chi connectivity index (χ1n) is 11.1. The van der Waals surface area contributed by atoms with E-state index in [1.54, 1.807) is 31.1 Å². The number of hydrogen-bond donors (Lipinski definition) is 0. The number of sulfonamides is 1. The van der Waals surface area contributed by atoms with Crippen LogP contribution in [-0.2, 0) is 27.7 Å². The first-order chi connectivity index (χ1) is 16.3. The van der Waals surface area contributed by atoms with Crippen LogP contribution in [0.15, 0.2) is 76.1 Å². The van der Waals surface area contributed by atoms with Gasteiger partial charge in [0.05, 0.1) is 18.6 Å². The molecule has 0 fully saturated rings. The van der Waals surface area contributed by atoms with E-state index in [1.807, 2.05) is 48.5 Å². The van der Waals surface area contributed by atoms with Crippen molar-refractivity contribution in [2.75, 3.05) is 31.6 Å². The molecule has 3 aromatic rings. The van der Waals surface area contributed by atoms with Crippen LogP contribution in [0, 0.1) is 6.92 Å². The molecule has 8 heteroatoms. The molecule has 0 atom stereocenters. The van der Waals surface area contributed by atoms with E-state index in [4.69, 9.17) is 4.74 Å². The zero-order valence-corrected chi connectivity index (χ0v) is 21.6. The Hall–Kier alpha value is -2.68. The van der Waals surface area contributed by atoms with Crippen LogP contribution in [0.2, 0.25) is 0 Å². The summed E-state index contributed by atoms with van der Waals surface area (Å²) in [6, 6.07) is 20.3. The van der Waals surface area contributed by atoms with E-state index in [9.17, 15) is 13.2 Å². The SMILES string of the molecule is COc1ccc(S(=O)(=O)N(CCc2ccccc2)CC(=O)N2CCc3cc(Br)ccc32)cc1C. The van der Waals surface area contributed by atoms with Crippen molar-refractivity contribution in [1.82, 2.24) is 4.31 Å². The van der Waals surface area contributed by atoms with E-state index in [2.05, 4.69) is 15.9 Å². The number of benzene rings is 3. The molecule has 0 bridgehead atoms. The second-order valence-corrected chi connectivity index (χ2v) is 11.1. The molecule has 1 amide bonds. The van der Waals surface area contributed by atoms with Gasteiger partial charge in [0, 0.05) is 23.2 Å². The van der Waals surface area contributed by atoms with Gasteiger partial charge < -0.3 is 9.64 Å². The number of aryl methyl sites for hydroxylation is 1. The molecule has 1 heterocycles. The number of carbonyl (C=O) groups is 1. The van der Waals surface area contributed by atoms with Gasteiger partial charge in [-0.25, -0.2) is 8.42 Å². The third-order valence-electron chi connectivity index (χ3n) is 6.05. The van der Waals surface area contributed by atoms with Crippen LogP contribution < -0.4 is 9.64 Å². The summed E-state index contributed by atoms with van der Waals surface area (Å²) < 4.78 is 34.8. The molecule has 3 aromatic carbocycles. The number of nitrogens with zero attached hydrogens (tertiary/aromatic N) is 2. The van der Waals surface area contributed by atoms with E-state index in [-0.39, 0.29) is 23.9 Å². The number of amides is 1. The van der Waals surface area contributed by atoms with Gasteiger partial charge in [-0.15, -0.1) is 0 Å². The molecule has 6 nitrogen and oxygen atoms in total. The fourth-order valence-electron chi connectivity index (χ4n) is 4.21. The third-order valence-corrected chi connectivity index (χ3v) is 8.38. The monoisotopic (exact) mass is 542 g/mol. The highest BCUT2D eigenvalue weighted by Crippen LogP contribution is 2.31. The Balaban J connectivity index is 1.61. The summed E-state index contributed by atoms with van der Waals surface area (Å²) in [6.07, 6.45) is 1.25. The van der Waals surface area contributed by atoms with Gasteiger partial charge in [0.1, 0.15) is 5.75 Å². The summed E-state index contributed by atoms with van der Waals surface area (Å²) in [5.74, 6) is 0.383. The quantitative estimate of drug-likeness (QED) is 0.417. The van der Waals surface area contributed by atoms with Crippen molar-refractivity contribution < 1.29 is 17.9 Å². The van der Waals surface area contributed by atoms with Crippen LogP contribution in [0.3, 0.4) is 0 Å². The van der Waals surface area contributed by atoms with Gasteiger partial charge in [0.25, 0.3) is 0 Å². The number of rotatable bonds is 8. The van der Waals surface area contributed by atoms with E-state index in [1.165, 1.54) is 10.4 Å². The summed E-state index contributed by atoms with van der Waals surface area (Å²) in [6.45, 7) is 2.31. The predicted octanol–water partition coefficient (Wildman–Crippen LogP) is 4.59. The standard InChI is InChI=1S/C26H27BrN2O4S/c1-19-16-23(9-11-25(19)33-2)34(31,32)28(14-12-20-6-4-3-5-7-20)18-26(30)29-15-13-21-17-22(27)8-10-24(21)29/h3-11,16-17H,12-15,18H2,1-2H3. The highest BCUT2D eigenvalue weighted by Gasteiger charge is 2.31. The van der Waals surface area contributed by atoms with E-state index < -0.39 is 10.0 Å². The van der Waals surface area contributed by atoms with Crippen molar-refractivity contribution in [3.05, 3.63) is 87.9 Å². The number of fused-ring (bicyclic) bond motifs is 1. The van der Waals surface area contributed by atoms with Crippen LogP contribution in [0.25, 0.3) is 0 Å². The lowest BCUT2D eigenvalue weighted by molar-refractivity contribution is -0.118. The summed E-state index contributed by atoms with van der Waals surface area (Å²) in [4.78, 5) is 15.2. The lowest BCUT2D eigenvalue weighted by atomic mass is 10.1. The molecule has 178 valence electrons. The van der Waals surface area contributed by atoms with Crippen LogP contribution in [0.1, 0.15) is 16.7 Å². The van der Waals surface area contributed by atoms with Gasteiger partial charge in [-0.3, -0.25) is 4.79 Å². The molecular weight excluding hydrogens is 516 g/mol. The summed E-state index contributed by atoms with van der Waals surface area (Å²) in [5.41, 5.74) is 3.65. The Morgan fingerprint density at radius 3 is 2.56 bits per heavy atom. The maximum Gasteiger partial charge on any atom is 0.243 e. The molecule has 4 rings (SSSR count). The molecule has 0 radical (unpaired) electrons. The van der Waals surface area contributed by atoms with Crippen molar-refractivity contribution in [2.24, 2.45) is 0 Å². The van der Waals surface area contributed by atoms with Crippen LogP contribution in [-0.4, -0.2) is 45.4 Å². The average molecular weight is 543 g/mol. The fraction of sp³-hybridized carbons (Fsp3) is 0.269. The number of ether oxygens (including phenoxy) is 1. The van der Waals surface area contributed by atoms with Crippen LogP contribution >= 0.6 is 15.9 Å². The Morgan fingerprint density at radius 1 is 1.09 bits per heavy atom. The first kappa shape index (κ1) is 24.4. The highest BCUT2D eigenvalue weighted by molar-refractivity contribution is 9.10. The van der Waals surface area contributed by atoms with Crippen molar-refractivity contribution in [3.8, 4) is 5.75 Å². The number of carbonyl (C=O) groups excluding carboxylic acids is 1. The molecule has 0 aromatic heterocycles. The maximum atomic E-state index is 13.7. The van der Waals surface area contributed by atoms with Gasteiger partial charge in [-0.05, 0) is 72.9 Å². The normalized spacial score (nSPS) is 13.2. The van der Waals surface area contributed by atoms with Gasteiger partial charge in [0.15, 0.2) is 0 Å². The van der Waals surface area contributed by atoms with Gasteiger partial charge >= 0.3 is 0 Å². The average Bonchev–Trinajstić information content (AvgIpc) is 3.25. The van der Waals surface area contributed by atoms with Crippen LogP contribution in [0.5, 0.6) is 5.75 Å². The number of methoxy groups -OCH3 is 1. The Bertz CT molecular complexity index is 1300. The van der Waals surface area contributed by atoms with Crippen molar-refractivity contribution in [1.29, 1.82) is 0 Å². The lowest BCUT2D eigenvalue weighted by Gasteiger charge is -2.25. The predicted molar refractivity (Wildman–Crippen MR) is 137 cm³/mol. The molecule has 0 saturated carbocycles. The number of halogens is 1. The molecule has 0 aliphatic carbocycles. The number of hydrogen-bond acceptors (Lipinski definition) is 4. The second kappa shape index (κ2) is 10.3. The largest absolute Gasteiger partial charge is 0.496 e. The molecule has 1 aliphatic rings. The van der Waals surface area contributed by atoms with Gasteiger partial charge in [-0.1, -0.05) is 46.3 Å².